The number of amides is 1. The molecule has 0 saturated carbocycles. The molecule has 1 atom stereocenters. The molecule has 0 aliphatic carbocycles. The lowest BCUT2D eigenvalue weighted by atomic mass is 9.77. The molecule has 0 radical (unpaired) electrons. The van der Waals surface area contributed by atoms with Crippen LogP contribution in [0.1, 0.15) is 59.8 Å². The molecule has 17 heavy (non-hydrogen) atoms. The van der Waals surface area contributed by atoms with E-state index in [0.717, 1.165) is 45.2 Å². The first kappa shape index (κ1) is 14.5. The van der Waals surface area contributed by atoms with Gasteiger partial charge in [-0.3, -0.25) is 4.79 Å². The maximum atomic E-state index is 12.5. The van der Waals surface area contributed by atoms with E-state index in [-0.39, 0.29) is 16.9 Å². The van der Waals surface area contributed by atoms with Crippen LogP contribution in [-0.4, -0.2) is 24.5 Å². The molecular formula is C14H28N2O. The van der Waals surface area contributed by atoms with Gasteiger partial charge in [-0.25, -0.2) is 0 Å². The fourth-order valence-electron chi connectivity index (χ4n) is 2.75. The predicted molar refractivity (Wildman–Crippen MR) is 72.0 cm³/mol. The first-order valence-corrected chi connectivity index (χ1v) is 6.99. The third kappa shape index (κ3) is 3.70. The van der Waals surface area contributed by atoms with E-state index in [1.807, 2.05) is 0 Å². The van der Waals surface area contributed by atoms with Crippen LogP contribution in [0.25, 0.3) is 0 Å². The van der Waals surface area contributed by atoms with Crippen molar-refractivity contribution in [2.24, 2.45) is 5.41 Å². The van der Waals surface area contributed by atoms with E-state index in [2.05, 4.69) is 38.3 Å². The molecule has 3 heteroatoms. The van der Waals surface area contributed by atoms with Crippen molar-refractivity contribution in [3.8, 4) is 0 Å². The van der Waals surface area contributed by atoms with Gasteiger partial charge in [0.25, 0.3) is 0 Å². The third-order valence-corrected chi connectivity index (χ3v) is 3.96. The van der Waals surface area contributed by atoms with Crippen molar-refractivity contribution in [1.82, 2.24) is 10.6 Å². The lowest BCUT2D eigenvalue weighted by Crippen LogP contribution is -2.55. The average molecular weight is 240 g/mol. The number of hydrogen-bond acceptors (Lipinski definition) is 2. The zero-order valence-corrected chi connectivity index (χ0v) is 11.9. The van der Waals surface area contributed by atoms with Gasteiger partial charge in [-0.2, -0.15) is 0 Å². The average Bonchev–Trinajstić information content (AvgIpc) is 2.29. The van der Waals surface area contributed by atoms with Crippen LogP contribution in [0.4, 0.5) is 0 Å². The normalized spacial score (nSPS) is 25.6. The highest BCUT2D eigenvalue weighted by Crippen LogP contribution is 2.31. The minimum absolute atomic E-state index is 0.0779. The summed E-state index contributed by atoms with van der Waals surface area (Å²) in [5.74, 6) is 0.241. The SMILES string of the molecule is CCCC(C)(C)NC(=O)C1(CC)CCCNC1. The molecule has 100 valence electrons. The second kappa shape index (κ2) is 5.85. The molecule has 0 aromatic carbocycles. The van der Waals surface area contributed by atoms with E-state index >= 15 is 0 Å². The molecule has 1 saturated heterocycles. The van der Waals surface area contributed by atoms with Gasteiger partial charge in [-0.15, -0.1) is 0 Å². The minimum Gasteiger partial charge on any atom is -0.351 e. The maximum absolute atomic E-state index is 12.5. The zero-order valence-electron chi connectivity index (χ0n) is 11.9. The molecule has 2 N–H and O–H groups in total. The van der Waals surface area contributed by atoms with Gasteiger partial charge in [0.1, 0.15) is 0 Å². The van der Waals surface area contributed by atoms with Crippen LogP contribution in [0.2, 0.25) is 0 Å². The Morgan fingerprint density at radius 2 is 2.12 bits per heavy atom. The molecule has 3 nitrogen and oxygen atoms in total. The summed E-state index contributed by atoms with van der Waals surface area (Å²) in [6, 6.07) is 0. The first-order valence-electron chi connectivity index (χ1n) is 6.99. The van der Waals surface area contributed by atoms with Gasteiger partial charge in [-0.05, 0) is 46.1 Å². The van der Waals surface area contributed by atoms with Crippen LogP contribution in [0, 0.1) is 5.41 Å². The second-order valence-corrected chi connectivity index (χ2v) is 6.00. The fraction of sp³-hybridized carbons (Fsp3) is 0.929. The Morgan fingerprint density at radius 3 is 2.59 bits per heavy atom. The standard InChI is InChI=1S/C14H28N2O/c1-5-8-13(3,4)16-12(17)14(6-2)9-7-10-15-11-14/h15H,5-11H2,1-4H3,(H,16,17). The molecule has 1 heterocycles. The molecule has 0 aromatic heterocycles. The summed E-state index contributed by atoms with van der Waals surface area (Å²) in [5.41, 5.74) is -0.255. The number of rotatable bonds is 5. The summed E-state index contributed by atoms with van der Waals surface area (Å²) >= 11 is 0. The summed E-state index contributed by atoms with van der Waals surface area (Å²) in [7, 11) is 0. The Hall–Kier alpha value is -0.570. The van der Waals surface area contributed by atoms with Crippen molar-refractivity contribution in [3.05, 3.63) is 0 Å². The maximum Gasteiger partial charge on any atom is 0.227 e. The number of carbonyl (C=O) groups excluding carboxylic acids is 1. The Bertz CT molecular complexity index is 255. The number of carbonyl (C=O) groups is 1. The monoisotopic (exact) mass is 240 g/mol. The molecule has 1 aliphatic heterocycles. The van der Waals surface area contributed by atoms with Crippen LogP contribution in [-0.2, 0) is 4.79 Å². The predicted octanol–water partition coefficient (Wildman–Crippen LogP) is 2.46. The molecule has 1 aliphatic rings. The summed E-state index contributed by atoms with van der Waals surface area (Å²) < 4.78 is 0. The molecule has 1 fully saturated rings. The molecule has 1 amide bonds. The van der Waals surface area contributed by atoms with Crippen molar-refractivity contribution in [2.45, 2.75) is 65.3 Å². The van der Waals surface area contributed by atoms with Crippen molar-refractivity contribution in [2.75, 3.05) is 13.1 Å². The van der Waals surface area contributed by atoms with Crippen molar-refractivity contribution >= 4 is 5.91 Å². The quantitative estimate of drug-likeness (QED) is 0.775. The van der Waals surface area contributed by atoms with Gasteiger partial charge in [0, 0.05) is 12.1 Å². The topological polar surface area (TPSA) is 41.1 Å². The Labute approximate surface area is 106 Å². The van der Waals surface area contributed by atoms with Crippen LogP contribution < -0.4 is 10.6 Å². The van der Waals surface area contributed by atoms with Gasteiger partial charge in [0.2, 0.25) is 5.91 Å². The highest BCUT2D eigenvalue weighted by atomic mass is 16.2. The van der Waals surface area contributed by atoms with Gasteiger partial charge in [-0.1, -0.05) is 20.3 Å². The summed E-state index contributed by atoms with van der Waals surface area (Å²) in [6.07, 6.45) is 5.19. The molecule has 1 unspecified atom stereocenters. The number of hydrogen-bond donors (Lipinski definition) is 2. The summed E-state index contributed by atoms with van der Waals surface area (Å²) in [6.45, 7) is 10.4. The van der Waals surface area contributed by atoms with E-state index in [0.29, 0.717) is 0 Å². The van der Waals surface area contributed by atoms with Gasteiger partial charge in [0.15, 0.2) is 0 Å². The molecule has 0 bridgehead atoms. The van der Waals surface area contributed by atoms with E-state index in [4.69, 9.17) is 0 Å². The van der Waals surface area contributed by atoms with Crippen LogP contribution in [0.15, 0.2) is 0 Å². The van der Waals surface area contributed by atoms with E-state index < -0.39 is 0 Å². The van der Waals surface area contributed by atoms with Crippen LogP contribution in [0.5, 0.6) is 0 Å². The number of piperidine rings is 1. The first-order chi connectivity index (χ1) is 7.96. The van der Waals surface area contributed by atoms with Gasteiger partial charge in [0.05, 0.1) is 5.41 Å². The fourth-order valence-corrected chi connectivity index (χ4v) is 2.75. The lowest BCUT2D eigenvalue weighted by molar-refractivity contribution is -0.134. The van der Waals surface area contributed by atoms with Gasteiger partial charge >= 0.3 is 0 Å². The van der Waals surface area contributed by atoms with Crippen LogP contribution >= 0.6 is 0 Å². The molecular weight excluding hydrogens is 212 g/mol. The number of nitrogens with one attached hydrogen (secondary N) is 2. The van der Waals surface area contributed by atoms with E-state index in [9.17, 15) is 4.79 Å². The molecule has 0 spiro atoms. The zero-order chi connectivity index (χ0) is 12.9. The van der Waals surface area contributed by atoms with Crippen molar-refractivity contribution in [1.29, 1.82) is 0 Å². The summed E-state index contributed by atoms with van der Waals surface area (Å²) in [4.78, 5) is 12.5. The van der Waals surface area contributed by atoms with E-state index in [1.165, 1.54) is 0 Å². The van der Waals surface area contributed by atoms with Crippen molar-refractivity contribution in [3.63, 3.8) is 0 Å². The third-order valence-electron chi connectivity index (χ3n) is 3.96. The molecule has 1 rings (SSSR count). The second-order valence-electron chi connectivity index (χ2n) is 6.00. The minimum atomic E-state index is -0.177. The highest BCUT2D eigenvalue weighted by Gasteiger charge is 2.39. The molecule has 0 aromatic rings. The van der Waals surface area contributed by atoms with Crippen molar-refractivity contribution < 1.29 is 4.79 Å². The summed E-state index contributed by atoms with van der Waals surface area (Å²) in [5, 5.41) is 6.60. The Morgan fingerprint density at radius 1 is 1.41 bits per heavy atom. The highest BCUT2D eigenvalue weighted by molar-refractivity contribution is 5.83. The Kier molecular flexibility index (Phi) is 4.99. The largest absolute Gasteiger partial charge is 0.351 e. The van der Waals surface area contributed by atoms with Gasteiger partial charge < -0.3 is 10.6 Å². The smallest absolute Gasteiger partial charge is 0.227 e. The lowest BCUT2D eigenvalue weighted by Gasteiger charge is -2.38. The Balaban J connectivity index is 2.66. The van der Waals surface area contributed by atoms with Crippen LogP contribution in [0.3, 0.4) is 0 Å². The van der Waals surface area contributed by atoms with E-state index in [1.54, 1.807) is 0 Å².